The van der Waals surface area contributed by atoms with Crippen LogP contribution in [0.2, 0.25) is 10.0 Å². The number of nitrogens with zero attached hydrogens (tertiary/aromatic N) is 1. The molecular weight excluding hydrogens is 214 g/mol. The summed E-state index contributed by atoms with van der Waals surface area (Å²) in [6.07, 6.45) is -2.10. The van der Waals surface area contributed by atoms with E-state index in [0.717, 1.165) is 6.20 Å². The molecule has 0 aliphatic heterocycles. The summed E-state index contributed by atoms with van der Waals surface area (Å²) in [6, 6.07) is 0. The van der Waals surface area contributed by atoms with E-state index in [1.54, 1.807) is 0 Å². The van der Waals surface area contributed by atoms with E-state index in [4.69, 9.17) is 23.2 Å². The summed E-state index contributed by atoms with van der Waals surface area (Å²) in [5.74, 6) is -1.07. The highest BCUT2D eigenvalue weighted by molar-refractivity contribution is 6.35. The van der Waals surface area contributed by atoms with Gasteiger partial charge in [0.1, 0.15) is 10.7 Å². The van der Waals surface area contributed by atoms with Gasteiger partial charge in [-0.15, -0.1) is 0 Å². The van der Waals surface area contributed by atoms with Crippen LogP contribution < -0.4 is 0 Å². The molecule has 12 heavy (non-hydrogen) atoms. The molecule has 0 aromatic carbocycles. The van der Waals surface area contributed by atoms with Crippen molar-refractivity contribution in [2.24, 2.45) is 0 Å². The molecule has 0 saturated carbocycles. The summed E-state index contributed by atoms with van der Waals surface area (Å²) in [5, 5.41) is -1.10. The third-order valence-corrected chi connectivity index (χ3v) is 1.77. The van der Waals surface area contributed by atoms with Crippen molar-refractivity contribution in [2.45, 2.75) is 6.43 Å². The summed E-state index contributed by atoms with van der Waals surface area (Å²) < 4.78 is 36.7. The summed E-state index contributed by atoms with van der Waals surface area (Å²) in [6.45, 7) is 0. The molecule has 0 unspecified atom stereocenters. The smallest absolute Gasteiger partial charge is 0.252 e. The van der Waals surface area contributed by atoms with Crippen LogP contribution in [0.5, 0.6) is 0 Å². The maximum Gasteiger partial charge on any atom is 0.281 e. The van der Waals surface area contributed by atoms with Gasteiger partial charge in [-0.2, -0.15) is 0 Å². The van der Waals surface area contributed by atoms with Crippen molar-refractivity contribution < 1.29 is 13.2 Å². The van der Waals surface area contributed by atoms with Crippen LogP contribution in [0, 0.1) is 5.82 Å². The molecule has 0 fully saturated rings. The van der Waals surface area contributed by atoms with Crippen molar-refractivity contribution >= 4 is 23.2 Å². The van der Waals surface area contributed by atoms with Gasteiger partial charge in [0, 0.05) is 6.20 Å². The maximum absolute atomic E-state index is 12.7. The number of hydrogen-bond donors (Lipinski definition) is 0. The number of rotatable bonds is 1. The molecule has 1 aromatic heterocycles. The number of halogens is 5. The minimum Gasteiger partial charge on any atom is -0.252 e. The zero-order valence-corrected chi connectivity index (χ0v) is 7.00. The average molecular weight is 216 g/mol. The second kappa shape index (κ2) is 3.49. The van der Waals surface area contributed by atoms with E-state index in [-0.39, 0.29) is 5.02 Å². The van der Waals surface area contributed by atoms with E-state index < -0.39 is 23.0 Å². The van der Waals surface area contributed by atoms with Gasteiger partial charge in [-0.25, -0.2) is 13.2 Å². The van der Waals surface area contributed by atoms with Crippen molar-refractivity contribution in [3.05, 3.63) is 27.8 Å². The van der Waals surface area contributed by atoms with Crippen LogP contribution in [-0.4, -0.2) is 4.98 Å². The number of aromatic nitrogens is 1. The van der Waals surface area contributed by atoms with E-state index in [1.165, 1.54) is 0 Å². The third kappa shape index (κ3) is 1.64. The highest BCUT2D eigenvalue weighted by atomic mass is 35.5. The largest absolute Gasteiger partial charge is 0.281 e. The Morgan fingerprint density at radius 2 is 1.92 bits per heavy atom. The van der Waals surface area contributed by atoms with Gasteiger partial charge in [0.2, 0.25) is 0 Å². The van der Waals surface area contributed by atoms with Gasteiger partial charge in [-0.1, -0.05) is 23.2 Å². The fourth-order valence-corrected chi connectivity index (χ4v) is 1.03. The first-order valence-corrected chi connectivity index (χ1v) is 3.57. The van der Waals surface area contributed by atoms with Crippen molar-refractivity contribution in [1.29, 1.82) is 0 Å². The lowest BCUT2D eigenvalue weighted by Gasteiger charge is -2.02. The van der Waals surface area contributed by atoms with Gasteiger partial charge in [0.25, 0.3) is 6.43 Å². The summed E-state index contributed by atoms with van der Waals surface area (Å²) in [5.41, 5.74) is -0.793. The van der Waals surface area contributed by atoms with Gasteiger partial charge < -0.3 is 0 Å². The molecule has 0 radical (unpaired) electrons. The molecule has 0 amide bonds. The molecule has 0 atom stereocenters. The van der Waals surface area contributed by atoms with E-state index in [2.05, 4.69) is 4.98 Å². The first kappa shape index (κ1) is 9.61. The molecule has 1 aromatic rings. The Bertz CT molecular complexity index is 303. The van der Waals surface area contributed by atoms with Gasteiger partial charge in [-0.3, -0.25) is 4.98 Å². The zero-order valence-electron chi connectivity index (χ0n) is 5.49. The Morgan fingerprint density at radius 1 is 1.33 bits per heavy atom. The first-order chi connectivity index (χ1) is 5.54. The van der Waals surface area contributed by atoms with Crippen molar-refractivity contribution in [2.75, 3.05) is 0 Å². The normalized spacial score (nSPS) is 10.8. The van der Waals surface area contributed by atoms with E-state index in [0.29, 0.717) is 0 Å². The molecule has 0 bridgehead atoms. The molecule has 0 N–H and O–H groups in total. The van der Waals surface area contributed by atoms with Crippen molar-refractivity contribution in [3.8, 4) is 0 Å². The molecule has 0 aliphatic carbocycles. The Kier molecular flexibility index (Phi) is 2.80. The van der Waals surface area contributed by atoms with E-state index in [1.807, 2.05) is 0 Å². The maximum atomic E-state index is 12.7. The predicted octanol–water partition coefficient (Wildman–Crippen LogP) is 3.47. The average Bonchev–Trinajstić information content (AvgIpc) is 2.00. The van der Waals surface area contributed by atoms with Gasteiger partial charge in [-0.05, 0) is 0 Å². The third-order valence-electron chi connectivity index (χ3n) is 1.15. The minimum atomic E-state index is -2.90. The molecule has 1 nitrogen and oxygen atoms in total. The molecule has 6 heteroatoms. The number of pyridine rings is 1. The topological polar surface area (TPSA) is 12.9 Å². The summed E-state index contributed by atoms with van der Waals surface area (Å²) in [4.78, 5) is 3.18. The zero-order chi connectivity index (χ0) is 9.30. The summed E-state index contributed by atoms with van der Waals surface area (Å²) >= 11 is 10.4. The molecule has 0 spiro atoms. The molecular formula is C6H2Cl2F3N. The molecule has 66 valence electrons. The van der Waals surface area contributed by atoms with Crippen LogP contribution >= 0.6 is 23.2 Å². The van der Waals surface area contributed by atoms with Crippen LogP contribution in [0.1, 0.15) is 12.1 Å². The van der Waals surface area contributed by atoms with Gasteiger partial charge >= 0.3 is 0 Å². The fourth-order valence-electron chi connectivity index (χ4n) is 0.609. The van der Waals surface area contributed by atoms with Crippen LogP contribution in [0.25, 0.3) is 0 Å². The molecule has 1 heterocycles. The lowest BCUT2D eigenvalue weighted by Crippen LogP contribution is -1.94. The molecule has 0 aliphatic rings. The van der Waals surface area contributed by atoms with Crippen LogP contribution in [0.3, 0.4) is 0 Å². The highest BCUT2D eigenvalue weighted by Crippen LogP contribution is 2.30. The van der Waals surface area contributed by atoms with E-state index in [9.17, 15) is 13.2 Å². The SMILES string of the molecule is Fc1c(Cl)cnc(C(F)F)c1Cl. The monoisotopic (exact) mass is 215 g/mol. The molecule has 0 saturated heterocycles. The Balaban J connectivity index is 3.27. The number of alkyl halides is 2. The first-order valence-electron chi connectivity index (χ1n) is 2.81. The molecule has 1 rings (SSSR count). The second-order valence-electron chi connectivity index (χ2n) is 1.92. The lowest BCUT2D eigenvalue weighted by molar-refractivity contribution is 0.145. The predicted molar refractivity (Wildman–Crippen MR) is 39.2 cm³/mol. The van der Waals surface area contributed by atoms with Crippen LogP contribution in [0.15, 0.2) is 6.20 Å². The minimum absolute atomic E-state index is 0.371. The lowest BCUT2D eigenvalue weighted by atomic mass is 10.3. The highest BCUT2D eigenvalue weighted by Gasteiger charge is 2.18. The Labute approximate surface area is 76.1 Å². The fraction of sp³-hybridized carbons (Fsp3) is 0.167. The standard InChI is InChI=1S/C6H2Cl2F3N/c7-2-1-12-5(6(10)11)3(8)4(2)9/h1,6H. The Hall–Kier alpha value is -0.480. The van der Waals surface area contributed by atoms with E-state index >= 15 is 0 Å². The summed E-state index contributed by atoms with van der Waals surface area (Å²) in [7, 11) is 0. The second-order valence-corrected chi connectivity index (χ2v) is 2.71. The van der Waals surface area contributed by atoms with Gasteiger partial charge in [0.15, 0.2) is 5.82 Å². The quantitative estimate of drug-likeness (QED) is 0.700. The van der Waals surface area contributed by atoms with Crippen LogP contribution in [-0.2, 0) is 0 Å². The van der Waals surface area contributed by atoms with Crippen LogP contribution in [0.4, 0.5) is 13.2 Å². The van der Waals surface area contributed by atoms with Crippen molar-refractivity contribution in [1.82, 2.24) is 4.98 Å². The van der Waals surface area contributed by atoms with Gasteiger partial charge in [0.05, 0.1) is 5.02 Å². The number of hydrogen-bond acceptors (Lipinski definition) is 1. The Morgan fingerprint density at radius 3 is 2.42 bits per heavy atom. The van der Waals surface area contributed by atoms with Crippen molar-refractivity contribution in [3.63, 3.8) is 0 Å².